The maximum atomic E-state index is 3.13. The summed E-state index contributed by atoms with van der Waals surface area (Å²) in [7, 11) is 0. The highest BCUT2D eigenvalue weighted by molar-refractivity contribution is 5.19. The summed E-state index contributed by atoms with van der Waals surface area (Å²) in [6.45, 7) is 2.44. The second kappa shape index (κ2) is 13.8. The molecule has 39 heavy (non-hydrogen) atoms. The average Bonchev–Trinajstić information content (AvgIpc) is 3.01. The number of hydrogen-bond acceptors (Lipinski definition) is 2. The van der Waals surface area contributed by atoms with Crippen molar-refractivity contribution < 1.29 is 0 Å². The normalized spacial score (nSPS) is 36.9. The Kier molecular flexibility index (Phi) is 9.92. The molecule has 2 nitrogen and oxygen atoms in total. The Morgan fingerprint density at radius 1 is 0.513 bits per heavy atom. The zero-order valence-corrected chi connectivity index (χ0v) is 25.5. The molecule has 2 heteroatoms. The maximum Gasteiger partial charge on any atom is 0.0335 e. The smallest absolute Gasteiger partial charge is 0.0335 e. The Hall–Kier alpha value is -1.02. The van der Waals surface area contributed by atoms with Gasteiger partial charge in [-0.3, -0.25) is 4.90 Å². The van der Waals surface area contributed by atoms with E-state index in [-0.39, 0.29) is 0 Å². The van der Waals surface area contributed by atoms with Crippen LogP contribution in [-0.2, 0) is 0 Å². The monoisotopic (exact) mass is 532 g/mol. The summed E-state index contributed by atoms with van der Waals surface area (Å²) in [6.07, 6.45) is 43.0. The van der Waals surface area contributed by atoms with Crippen LogP contribution in [0.4, 0.5) is 0 Å². The van der Waals surface area contributed by atoms with Crippen LogP contribution in [0.5, 0.6) is 0 Å². The van der Waals surface area contributed by atoms with Crippen LogP contribution in [0.1, 0.15) is 155 Å². The molecule has 3 saturated carbocycles. The molecule has 2 atom stereocenters. The van der Waals surface area contributed by atoms with Crippen molar-refractivity contribution in [2.45, 2.75) is 179 Å². The van der Waals surface area contributed by atoms with Crippen LogP contribution in [0.25, 0.3) is 0 Å². The average molecular weight is 533 g/mol. The third-order valence-corrected chi connectivity index (χ3v) is 12.1. The highest BCUT2D eigenvalue weighted by Crippen LogP contribution is 2.44. The first-order valence-electron chi connectivity index (χ1n) is 17.9. The molecular formula is C37H60N2. The SMILES string of the molecule is CC1CC=C(N(C2=CCCCC2)C2CCC(C3CCC(N(C4CC=CCC4)C4CCCCC4)CC3)CC2)CC1. The first-order valence-corrected chi connectivity index (χ1v) is 17.9. The molecule has 0 saturated heterocycles. The zero-order valence-electron chi connectivity index (χ0n) is 25.5. The molecule has 0 spiro atoms. The van der Waals surface area contributed by atoms with E-state index in [2.05, 4.69) is 41.0 Å². The van der Waals surface area contributed by atoms with Crippen LogP contribution in [0.3, 0.4) is 0 Å². The summed E-state index contributed by atoms with van der Waals surface area (Å²) >= 11 is 0. The van der Waals surface area contributed by atoms with Crippen LogP contribution in [0.2, 0.25) is 0 Å². The van der Waals surface area contributed by atoms with Crippen molar-refractivity contribution in [2.75, 3.05) is 0 Å². The molecule has 0 radical (unpaired) electrons. The van der Waals surface area contributed by atoms with Crippen LogP contribution >= 0.6 is 0 Å². The van der Waals surface area contributed by atoms with E-state index in [1.165, 1.54) is 148 Å². The highest BCUT2D eigenvalue weighted by Gasteiger charge is 2.38. The van der Waals surface area contributed by atoms with Crippen LogP contribution in [0.15, 0.2) is 35.7 Å². The summed E-state index contributed by atoms with van der Waals surface area (Å²) < 4.78 is 0. The van der Waals surface area contributed by atoms with Gasteiger partial charge in [0.25, 0.3) is 0 Å². The van der Waals surface area contributed by atoms with Crippen molar-refractivity contribution in [1.82, 2.24) is 9.80 Å². The van der Waals surface area contributed by atoms with Crippen molar-refractivity contribution in [1.29, 1.82) is 0 Å². The number of allylic oxidation sites excluding steroid dienone is 5. The molecule has 0 N–H and O–H groups in total. The molecule has 2 unspecified atom stereocenters. The van der Waals surface area contributed by atoms with E-state index in [0.29, 0.717) is 0 Å². The van der Waals surface area contributed by atoms with Gasteiger partial charge < -0.3 is 4.90 Å². The molecule has 0 heterocycles. The van der Waals surface area contributed by atoms with Gasteiger partial charge in [0.15, 0.2) is 0 Å². The van der Waals surface area contributed by atoms with Gasteiger partial charge in [0.2, 0.25) is 0 Å². The fourth-order valence-corrected chi connectivity index (χ4v) is 9.89. The van der Waals surface area contributed by atoms with Gasteiger partial charge in [-0.2, -0.15) is 0 Å². The summed E-state index contributed by atoms with van der Waals surface area (Å²) in [4.78, 5) is 6.04. The molecule has 0 bridgehead atoms. The van der Waals surface area contributed by atoms with Crippen LogP contribution in [0, 0.1) is 17.8 Å². The third-order valence-electron chi connectivity index (χ3n) is 12.1. The predicted octanol–water partition coefficient (Wildman–Crippen LogP) is 10.3. The van der Waals surface area contributed by atoms with Gasteiger partial charge in [-0.15, -0.1) is 0 Å². The van der Waals surface area contributed by atoms with Crippen molar-refractivity contribution in [3.63, 3.8) is 0 Å². The van der Waals surface area contributed by atoms with Gasteiger partial charge in [-0.1, -0.05) is 50.5 Å². The lowest BCUT2D eigenvalue weighted by Crippen LogP contribution is -2.52. The Labute approximate surface area is 241 Å². The van der Waals surface area contributed by atoms with Gasteiger partial charge in [-0.05, 0) is 146 Å². The largest absolute Gasteiger partial charge is 0.346 e. The summed E-state index contributed by atoms with van der Waals surface area (Å²) in [5, 5.41) is 0. The number of hydrogen-bond donors (Lipinski definition) is 0. The molecule has 6 aliphatic rings. The Balaban J connectivity index is 1.05. The number of rotatable bonds is 7. The van der Waals surface area contributed by atoms with Crippen molar-refractivity contribution in [3.05, 3.63) is 35.7 Å². The summed E-state index contributed by atoms with van der Waals surface area (Å²) in [5.74, 6) is 2.90. The van der Waals surface area contributed by atoms with Crippen molar-refractivity contribution in [3.8, 4) is 0 Å². The molecule has 6 rings (SSSR count). The Morgan fingerprint density at radius 2 is 1.21 bits per heavy atom. The van der Waals surface area contributed by atoms with Gasteiger partial charge in [0.05, 0.1) is 0 Å². The lowest BCUT2D eigenvalue weighted by molar-refractivity contribution is 0.0170. The standard InChI is InChI=1S/C37H60N2/c1-29-17-23-35(24-18-29)39(34-15-9-4-10-16-34)37-27-21-31(22-28-37)30-19-25-36(26-20-30)38(32-11-5-2-6-12-32)33-13-7-3-8-14-33/h2,5,15,23,29-33,36-37H,3-4,6-14,16-22,24-28H2,1H3. The molecule has 0 aromatic rings. The quantitative estimate of drug-likeness (QED) is 0.301. The summed E-state index contributed by atoms with van der Waals surface area (Å²) in [5.41, 5.74) is 3.40. The van der Waals surface area contributed by atoms with E-state index < -0.39 is 0 Å². The van der Waals surface area contributed by atoms with E-state index in [1.54, 1.807) is 11.4 Å². The van der Waals surface area contributed by atoms with Gasteiger partial charge in [0.1, 0.15) is 0 Å². The molecule has 0 amide bonds. The van der Waals surface area contributed by atoms with Crippen molar-refractivity contribution in [2.24, 2.45) is 17.8 Å². The minimum atomic E-state index is 0.780. The van der Waals surface area contributed by atoms with Gasteiger partial charge >= 0.3 is 0 Å². The minimum absolute atomic E-state index is 0.780. The molecule has 6 aliphatic carbocycles. The second-order valence-electron chi connectivity index (χ2n) is 14.7. The fraction of sp³-hybridized carbons (Fsp3) is 0.838. The van der Waals surface area contributed by atoms with Gasteiger partial charge in [-0.25, -0.2) is 0 Å². The van der Waals surface area contributed by atoms with E-state index in [9.17, 15) is 0 Å². The minimum Gasteiger partial charge on any atom is -0.346 e. The second-order valence-corrected chi connectivity index (χ2v) is 14.7. The molecule has 0 aliphatic heterocycles. The molecule has 0 aromatic heterocycles. The van der Waals surface area contributed by atoms with Crippen LogP contribution in [-0.4, -0.2) is 34.0 Å². The van der Waals surface area contributed by atoms with E-state index in [1.807, 2.05) is 0 Å². The Bertz CT molecular complexity index is 847. The maximum absolute atomic E-state index is 3.13. The van der Waals surface area contributed by atoms with E-state index >= 15 is 0 Å². The molecular weight excluding hydrogens is 472 g/mol. The van der Waals surface area contributed by atoms with Crippen molar-refractivity contribution >= 4 is 0 Å². The Morgan fingerprint density at radius 3 is 1.82 bits per heavy atom. The van der Waals surface area contributed by atoms with Crippen LogP contribution < -0.4 is 0 Å². The molecule has 3 fully saturated rings. The molecule has 218 valence electrons. The summed E-state index contributed by atoms with van der Waals surface area (Å²) in [6, 6.07) is 3.39. The lowest BCUT2D eigenvalue weighted by Gasteiger charge is -2.49. The fourth-order valence-electron chi connectivity index (χ4n) is 9.89. The lowest BCUT2D eigenvalue weighted by atomic mass is 9.70. The molecule has 0 aromatic carbocycles. The highest BCUT2D eigenvalue weighted by atomic mass is 15.2. The van der Waals surface area contributed by atoms with Gasteiger partial charge in [0, 0.05) is 35.6 Å². The first-order chi connectivity index (χ1) is 19.3. The van der Waals surface area contributed by atoms with E-state index in [0.717, 1.165) is 41.9 Å². The third kappa shape index (κ3) is 6.90. The number of nitrogens with zero attached hydrogens (tertiary/aromatic N) is 2. The topological polar surface area (TPSA) is 6.48 Å². The van der Waals surface area contributed by atoms with E-state index in [4.69, 9.17) is 0 Å². The predicted molar refractivity (Wildman–Crippen MR) is 166 cm³/mol. The first kappa shape index (κ1) is 28.1. The zero-order chi connectivity index (χ0) is 26.4.